The van der Waals surface area contributed by atoms with E-state index in [0.717, 1.165) is 31.1 Å². The number of hydrogen-bond acceptors (Lipinski definition) is 2. The Labute approximate surface area is 88.4 Å². The fourth-order valence-corrected chi connectivity index (χ4v) is 2.65. The molecule has 2 nitrogen and oxygen atoms in total. The van der Waals surface area contributed by atoms with Gasteiger partial charge < -0.3 is 10.1 Å². The van der Waals surface area contributed by atoms with Crippen LogP contribution in [0.25, 0.3) is 0 Å². The Morgan fingerprint density at radius 2 is 2.14 bits per heavy atom. The molecule has 0 saturated heterocycles. The summed E-state index contributed by atoms with van der Waals surface area (Å²) in [6, 6.07) is 0.757. The number of ether oxygens (including phenoxy) is 1. The fourth-order valence-electron chi connectivity index (χ4n) is 2.65. The monoisotopic (exact) mass is 199 g/mol. The fraction of sp³-hybridized carbons (Fsp3) is 1.00. The van der Waals surface area contributed by atoms with Gasteiger partial charge in [-0.05, 0) is 51.5 Å². The van der Waals surface area contributed by atoms with Crippen molar-refractivity contribution in [1.82, 2.24) is 5.32 Å². The highest BCUT2D eigenvalue weighted by atomic mass is 16.5. The molecule has 2 heteroatoms. The zero-order valence-corrected chi connectivity index (χ0v) is 9.88. The Morgan fingerprint density at radius 1 is 1.36 bits per heavy atom. The minimum absolute atomic E-state index is 0.757. The van der Waals surface area contributed by atoms with Crippen LogP contribution in [0.1, 0.15) is 39.5 Å². The molecule has 0 aromatic rings. The van der Waals surface area contributed by atoms with E-state index in [1.165, 1.54) is 25.7 Å². The lowest BCUT2D eigenvalue weighted by Gasteiger charge is -2.20. The lowest BCUT2D eigenvalue weighted by Crippen LogP contribution is -2.29. The highest BCUT2D eigenvalue weighted by Crippen LogP contribution is 2.34. The molecular formula is C12H25NO. The quantitative estimate of drug-likeness (QED) is 0.663. The smallest absolute Gasteiger partial charge is 0.0465 e. The summed E-state index contributed by atoms with van der Waals surface area (Å²) in [4.78, 5) is 0. The molecule has 1 aliphatic carbocycles. The minimum Gasteiger partial charge on any atom is -0.382 e. The number of nitrogens with one attached hydrogen (secondary N) is 1. The molecule has 0 heterocycles. The average Bonchev–Trinajstić information content (AvgIpc) is 2.55. The van der Waals surface area contributed by atoms with Gasteiger partial charge in [-0.15, -0.1) is 0 Å². The summed E-state index contributed by atoms with van der Waals surface area (Å²) >= 11 is 0. The third-order valence-electron chi connectivity index (χ3n) is 3.67. The second kappa shape index (κ2) is 6.41. The molecule has 3 unspecified atom stereocenters. The lowest BCUT2D eigenvalue weighted by molar-refractivity contribution is 0.137. The maximum Gasteiger partial charge on any atom is 0.0465 e. The molecule has 0 aromatic heterocycles. The topological polar surface area (TPSA) is 21.3 Å². The minimum atomic E-state index is 0.757. The second-order valence-electron chi connectivity index (χ2n) is 4.43. The first-order chi connectivity index (χ1) is 6.79. The highest BCUT2D eigenvalue weighted by molar-refractivity contribution is 4.85. The Kier molecular flexibility index (Phi) is 5.49. The summed E-state index contributed by atoms with van der Waals surface area (Å²) in [5.41, 5.74) is 0. The predicted molar refractivity (Wildman–Crippen MR) is 60.5 cm³/mol. The van der Waals surface area contributed by atoms with Crippen molar-refractivity contribution in [3.63, 3.8) is 0 Å². The van der Waals surface area contributed by atoms with Crippen LogP contribution in [0.15, 0.2) is 0 Å². The zero-order valence-electron chi connectivity index (χ0n) is 9.88. The molecule has 1 saturated carbocycles. The van der Waals surface area contributed by atoms with Crippen LogP contribution in [0, 0.1) is 11.8 Å². The van der Waals surface area contributed by atoms with Crippen molar-refractivity contribution in [1.29, 1.82) is 0 Å². The first-order valence-electron chi connectivity index (χ1n) is 6.04. The Hall–Kier alpha value is -0.0800. The largest absolute Gasteiger partial charge is 0.382 e. The molecule has 1 N–H and O–H groups in total. The van der Waals surface area contributed by atoms with E-state index in [2.05, 4.69) is 26.2 Å². The average molecular weight is 199 g/mol. The van der Waals surface area contributed by atoms with Gasteiger partial charge in [0.05, 0.1) is 0 Å². The van der Waals surface area contributed by atoms with Gasteiger partial charge >= 0.3 is 0 Å². The van der Waals surface area contributed by atoms with Gasteiger partial charge in [0.2, 0.25) is 0 Å². The van der Waals surface area contributed by atoms with Gasteiger partial charge in [-0.25, -0.2) is 0 Å². The van der Waals surface area contributed by atoms with Crippen molar-refractivity contribution >= 4 is 0 Å². The Balaban J connectivity index is 2.13. The lowest BCUT2D eigenvalue weighted by atomic mass is 9.92. The molecule has 1 aliphatic rings. The molecule has 84 valence electrons. The number of hydrogen-bond donors (Lipinski definition) is 1. The predicted octanol–water partition coefficient (Wildman–Crippen LogP) is 2.44. The van der Waals surface area contributed by atoms with Crippen molar-refractivity contribution in [2.45, 2.75) is 45.6 Å². The van der Waals surface area contributed by atoms with Gasteiger partial charge in [0.25, 0.3) is 0 Å². The standard InChI is InChI=1S/C12H25NO/c1-4-14-9-5-6-11-7-8-12(13-3)10(11)2/h10-13H,4-9H2,1-3H3. The maximum atomic E-state index is 5.37. The van der Waals surface area contributed by atoms with E-state index in [-0.39, 0.29) is 0 Å². The summed E-state index contributed by atoms with van der Waals surface area (Å²) in [7, 11) is 2.09. The zero-order chi connectivity index (χ0) is 10.4. The van der Waals surface area contributed by atoms with Crippen molar-refractivity contribution < 1.29 is 4.74 Å². The van der Waals surface area contributed by atoms with Gasteiger partial charge in [0, 0.05) is 19.3 Å². The molecule has 0 bridgehead atoms. The van der Waals surface area contributed by atoms with E-state index in [1.807, 2.05) is 0 Å². The van der Waals surface area contributed by atoms with Gasteiger partial charge in [0.1, 0.15) is 0 Å². The van der Waals surface area contributed by atoms with E-state index in [9.17, 15) is 0 Å². The molecule has 1 fully saturated rings. The molecule has 0 aromatic carbocycles. The molecular weight excluding hydrogens is 174 g/mol. The van der Waals surface area contributed by atoms with Crippen LogP contribution >= 0.6 is 0 Å². The summed E-state index contributed by atoms with van der Waals surface area (Å²) in [6.45, 7) is 6.26. The molecule has 1 rings (SSSR count). The summed E-state index contributed by atoms with van der Waals surface area (Å²) in [6.07, 6.45) is 5.34. The molecule has 14 heavy (non-hydrogen) atoms. The third kappa shape index (κ3) is 3.25. The van der Waals surface area contributed by atoms with Gasteiger partial charge in [-0.3, -0.25) is 0 Å². The van der Waals surface area contributed by atoms with Crippen LogP contribution in [-0.4, -0.2) is 26.3 Å². The van der Waals surface area contributed by atoms with E-state index in [1.54, 1.807) is 0 Å². The normalized spacial score (nSPS) is 32.4. The Bertz CT molecular complexity index is 149. The summed E-state index contributed by atoms with van der Waals surface area (Å²) < 4.78 is 5.37. The maximum absolute atomic E-state index is 5.37. The van der Waals surface area contributed by atoms with Crippen molar-refractivity contribution in [2.75, 3.05) is 20.3 Å². The third-order valence-corrected chi connectivity index (χ3v) is 3.67. The molecule has 0 radical (unpaired) electrons. The molecule has 0 amide bonds. The van der Waals surface area contributed by atoms with Crippen LogP contribution in [0.2, 0.25) is 0 Å². The van der Waals surface area contributed by atoms with E-state index < -0.39 is 0 Å². The van der Waals surface area contributed by atoms with Gasteiger partial charge in [-0.2, -0.15) is 0 Å². The van der Waals surface area contributed by atoms with E-state index in [0.29, 0.717) is 0 Å². The van der Waals surface area contributed by atoms with Crippen molar-refractivity contribution in [3.8, 4) is 0 Å². The second-order valence-corrected chi connectivity index (χ2v) is 4.43. The van der Waals surface area contributed by atoms with Crippen molar-refractivity contribution in [3.05, 3.63) is 0 Å². The van der Waals surface area contributed by atoms with E-state index in [4.69, 9.17) is 4.74 Å². The summed E-state index contributed by atoms with van der Waals surface area (Å²) in [5, 5.41) is 3.41. The summed E-state index contributed by atoms with van der Waals surface area (Å²) in [5.74, 6) is 1.77. The number of rotatable bonds is 6. The molecule has 0 aliphatic heterocycles. The molecule has 0 spiro atoms. The SMILES string of the molecule is CCOCCCC1CCC(NC)C1C. The van der Waals surface area contributed by atoms with Crippen LogP contribution in [0.3, 0.4) is 0 Å². The van der Waals surface area contributed by atoms with Gasteiger partial charge in [0.15, 0.2) is 0 Å². The van der Waals surface area contributed by atoms with Crippen LogP contribution in [-0.2, 0) is 4.74 Å². The van der Waals surface area contributed by atoms with Crippen LogP contribution in [0.5, 0.6) is 0 Å². The van der Waals surface area contributed by atoms with Crippen LogP contribution in [0.4, 0.5) is 0 Å². The van der Waals surface area contributed by atoms with Gasteiger partial charge in [-0.1, -0.05) is 6.92 Å². The Morgan fingerprint density at radius 3 is 2.71 bits per heavy atom. The highest BCUT2D eigenvalue weighted by Gasteiger charge is 2.30. The first kappa shape index (κ1) is 12.0. The van der Waals surface area contributed by atoms with Crippen molar-refractivity contribution in [2.24, 2.45) is 11.8 Å². The molecule has 3 atom stereocenters. The van der Waals surface area contributed by atoms with E-state index >= 15 is 0 Å². The van der Waals surface area contributed by atoms with Crippen LogP contribution < -0.4 is 5.32 Å². The first-order valence-corrected chi connectivity index (χ1v) is 6.04.